The lowest BCUT2D eigenvalue weighted by Crippen LogP contribution is -2.26. The second-order valence-electron chi connectivity index (χ2n) is 6.41. The number of hydrogen-bond acceptors (Lipinski definition) is 3. The van der Waals surface area contributed by atoms with Gasteiger partial charge in [-0.2, -0.15) is 5.10 Å². The summed E-state index contributed by atoms with van der Waals surface area (Å²) in [4.78, 5) is 0. The highest BCUT2D eigenvalue weighted by Gasteiger charge is 2.10. The number of hydrazone groups is 1. The largest absolute Gasteiger partial charge is 0.381 e. The average molecular weight is 299 g/mol. The van der Waals surface area contributed by atoms with Crippen molar-refractivity contribution in [3.8, 4) is 0 Å². The molecule has 1 heterocycles. The van der Waals surface area contributed by atoms with E-state index in [-0.39, 0.29) is 0 Å². The number of aryl methyl sites for hydroxylation is 1. The molecule has 1 fully saturated rings. The van der Waals surface area contributed by atoms with Crippen LogP contribution in [0.1, 0.15) is 51.2 Å². The third-order valence-electron chi connectivity index (χ3n) is 3.99. The first-order valence-corrected chi connectivity index (χ1v) is 8.34. The lowest BCUT2D eigenvalue weighted by molar-refractivity contribution is 0.239. The van der Waals surface area contributed by atoms with Crippen LogP contribution >= 0.6 is 0 Å². The zero-order chi connectivity index (χ0) is 15.9. The summed E-state index contributed by atoms with van der Waals surface area (Å²) in [6.07, 6.45) is 6.07. The Bertz CT molecular complexity index is 548. The van der Waals surface area contributed by atoms with E-state index in [0.29, 0.717) is 0 Å². The molecule has 0 amide bonds. The highest BCUT2D eigenvalue weighted by atomic mass is 15.4. The van der Waals surface area contributed by atoms with Crippen LogP contribution in [0.25, 0.3) is 0 Å². The summed E-state index contributed by atoms with van der Waals surface area (Å²) in [5, 5.41) is 10.6. The average Bonchev–Trinajstić information content (AvgIpc) is 2.49. The molecular formula is C19H29N3. The highest BCUT2D eigenvalue weighted by Crippen LogP contribution is 2.20. The van der Waals surface area contributed by atoms with Gasteiger partial charge in [0.15, 0.2) is 0 Å². The van der Waals surface area contributed by atoms with Crippen molar-refractivity contribution in [3.63, 3.8) is 0 Å². The zero-order valence-electron chi connectivity index (χ0n) is 14.4. The summed E-state index contributed by atoms with van der Waals surface area (Å²) in [7, 11) is 0. The van der Waals surface area contributed by atoms with Gasteiger partial charge in [0.1, 0.15) is 0 Å². The first kappa shape index (κ1) is 16.6. The van der Waals surface area contributed by atoms with E-state index in [0.717, 1.165) is 25.3 Å². The minimum atomic E-state index is 0.857. The molecule has 2 rings (SSSR count). The van der Waals surface area contributed by atoms with Crippen LogP contribution in [-0.4, -0.2) is 30.4 Å². The maximum Gasteiger partial charge on any atom is 0.0667 e. The van der Waals surface area contributed by atoms with Crippen molar-refractivity contribution in [1.82, 2.24) is 5.01 Å². The Morgan fingerprint density at radius 1 is 1.18 bits per heavy atom. The number of nitrogens with zero attached hydrogens (tertiary/aromatic N) is 2. The molecule has 1 aromatic rings. The summed E-state index contributed by atoms with van der Waals surface area (Å²) in [6.45, 7) is 11.5. The number of anilines is 1. The summed E-state index contributed by atoms with van der Waals surface area (Å²) >= 11 is 0. The molecule has 0 atom stereocenters. The van der Waals surface area contributed by atoms with E-state index in [1.165, 1.54) is 41.6 Å². The van der Waals surface area contributed by atoms with E-state index in [9.17, 15) is 0 Å². The topological polar surface area (TPSA) is 27.6 Å². The summed E-state index contributed by atoms with van der Waals surface area (Å²) in [6, 6.07) is 6.55. The molecule has 1 aromatic carbocycles. The summed E-state index contributed by atoms with van der Waals surface area (Å²) < 4.78 is 0. The molecule has 0 saturated carbocycles. The molecule has 22 heavy (non-hydrogen) atoms. The standard InChI is InChI=1S/C19H29N3/c1-15(2)10-11-20-19-9-8-16(3)14-18(19)17(4)21-22-12-6-5-7-13-22/h8-10,14,20H,5-7,11-13H2,1-4H3/b21-17+. The quantitative estimate of drug-likeness (QED) is 0.636. The van der Waals surface area contributed by atoms with E-state index in [2.05, 4.69) is 62.3 Å². The number of hydrogen-bond donors (Lipinski definition) is 1. The maximum absolute atomic E-state index is 4.85. The second-order valence-corrected chi connectivity index (χ2v) is 6.41. The Morgan fingerprint density at radius 3 is 2.59 bits per heavy atom. The van der Waals surface area contributed by atoms with Gasteiger partial charge in [0.25, 0.3) is 0 Å². The van der Waals surface area contributed by atoms with Crippen LogP contribution in [0.2, 0.25) is 0 Å². The molecular weight excluding hydrogens is 270 g/mol. The normalized spacial score (nSPS) is 15.6. The minimum absolute atomic E-state index is 0.857. The summed E-state index contributed by atoms with van der Waals surface area (Å²) in [5.41, 5.74) is 6.09. The van der Waals surface area contributed by atoms with Gasteiger partial charge >= 0.3 is 0 Å². The van der Waals surface area contributed by atoms with Gasteiger partial charge in [0.05, 0.1) is 5.71 Å². The Morgan fingerprint density at radius 2 is 1.91 bits per heavy atom. The Kier molecular flexibility index (Phi) is 6.05. The van der Waals surface area contributed by atoms with Crippen molar-refractivity contribution in [1.29, 1.82) is 0 Å². The van der Waals surface area contributed by atoms with Crippen molar-refractivity contribution in [2.45, 2.75) is 47.0 Å². The highest BCUT2D eigenvalue weighted by molar-refractivity contribution is 6.03. The van der Waals surface area contributed by atoms with Crippen molar-refractivity contribution in [2.75, 3.05) is 25.0 Å². The van der Waals surface area contributed by atoms with E-state index in [1.54, 1.807) is 0 Å². The van der Waals surface area contributed by atoms with Gasteiger partial charge in [-0.1, -0.05) is 23.3 Å². The monoisotopic (exact) mass is 299 g/mol. The maximum atomic E-state index is 4.85. The van der Waals surface area contributed by atoms with E-state index < -0.39 is 0 Å². The van der Waals surface area contributed by atoms with Crippen LogP contribution in [-0.2, 0) is 0 Å². The molecule has 0 aromatic heterocycles. The third-order valence-corrected chi connectivity index (χ3v) is 3.99. The Hall–Kier alpha value is -1.77. The van der Waals surface area contributed by atoms with Gasteiger partial charge in [-0.15, -0.1) is 0 Å². The van der Waals surface area contributed by atoms with Gasteiger partial charge in [-0.25, -0.2) is 0 Å². The lowest BCUT2D eigenvalue weighted by Gasteiger charge is -2.24. The van der Waals surface area contributed by atoms with Crippen molar-refractivity contribution in [3.05, 3.63) is 41.0 Å². The van der Waals surface area contributed by atoms with Gasteiger partial charge in [-0.3, -0.25) is 5.01 Å². The first-order chi connectivity index (χ1) is 10.6. The molecule has 0 radical (unpaired) electrons. The smallest absolute Gasteiger partial charge is 0.0667 e. The predicted molar refractivity (Wildman–Crippen MR) is 96.7 cm³/mol. The zero-order valence-corrected chi connectivity index (χ0v) is 14.4. The summed E-state index contributed by atoms with van der Waals surface area (Å²) in [5.74, 6) is 0. The minimum Gasteiger partial charge on any atom is -0.381 e. The molecule has 3 nitrogen and oxygen atoms in total. The van der Waals surface area contributed by atoms with Crippen molar-refractivity contribution >= 4 is 11.4 Å². The second kappa shape index (κ2) is 8.02. The van der Waals surface area contributed by atoms with Crippen molar-refractivity contribution in [2.24, 2.45) is 5.10 Å². The molecule has 1 aliphatic heterocycles. The third kappa shape index (κ3) is 4.90. The fourth-order valence-electron chi connectivity index (χ4n) is 2.72. The number of nitrogens with one attached hydrogen (secondary N) is 1. The first-order valence-electron chi connectivity index (χ1n) is 8.34. The number of allylic oxidation sites excluding steroid dienone is 1. The number of piperidine rings is 1. The van der Waals surface area contributed by atoms with Crippen LogP contribution in [0.15, 0.2) is 34.9 Å². The van der Waals surface area contributed by atoms with Gasteiger partial charge in [0, 0.05) is 30.9 Å². The van der Waals surface area contributed by atoms with Crippen LogP contribution < -0.4 is 5.32 Å². The van der Waals surface area contributed by atoms with E-state index >= 15 is 0 Å². The van der Waals surface area contributed by atoms with E-state index in [1.807, 2.05) is 0 Å². The lowest BCUT2D eigenvalue weighted by atomic mass is 10.1. The van der Waals surface area contributed by atoms with Crippen LogP contribution in [0.3, 0.4) is 0 Å². The molecule has 1 aliphatic rings. The molecule has 1 N–H and O–H groups in total. The predicted octanol–water partition coefficient (Wildman–Crippen LogP) is 4.58. The molecule has 120 valence electrons. The van der Waals surface area contributed by atoms with Gasteiger partial charge < -0.3 is 5.32 Å². The molecule has 0 aliphatic carbocycles. The van der Waals surface area contributed by atoms with Gasteiger partial charge in [0.2, 0.25) is 0 Å². The fourth-order valence-corrected chi connectivity index (χ4v) is 2.72. The fraction of sp³-hybridized carbons (Fsp3) is 0.526. The van der Waals surface area contributed by atoms with Crippen LogP contribution in [0, 0.1) is 6.92 Å². The Balaban J connectivity index is 2.18. The van der Waals surface area contributed by atoms with Crippen LogP contribution in [0.4, 0.5) is 5.69 Å². The van der Waals surface area contributed by atoms with E-state index in [4.69, 9.17) is 5.10 Å². The Labute approximate surface area is 135 Å². The molecule has 3 heteroatoms. The number of benzene rings is 1. The number of rotatable bonds is 5. The van der Waals surface area contributed by atoms with Crippen molar-refractivity contribution < 1.29 is 0 Å². The molecule has 0 bridgehead atoms. The molecule has 0 unspecified atom stereocenters. The SMILES string of the molecule is CC(C)=CCNc1ccc(C)cc1/C(C)=N/N1CCCCC1. The van der Waals surface area contributed by atoms with Crippen LogP contribution in [0.5, 0.6) is 0 Å². The van der Waals surface area contributed by atoms with Gasteiger partial charge in [-0.05, 0) is 59.1 Å². The molecule has 1 saturated heterocycles. The molecule has 0 spiro atoms.